The predicted octanol–water partition coefficient (Wildman–Crippen LogP) is 3.93. The van der Waals surface area contributed by atoms with Crippen LogP contribution in [0.5, 0.6) is 0 Å². The summed E-state index contributed by atoms with van der Waals surface area (Å²) < 4.78 is 0. The summed E-state index contributed by atoms with van der Waals surface area (Å²) in [6, 6.07) is 13.8. The third kappa shape index (κ3) is 3.60. The van der Waals surface area contributed by atoms with Crippen LogP contribution >= 0.6 is 0 Å². The first-order chi connectivity index (χ1) is 9.56. The van der Waals surface area contributed by atoms with Crippen LogP contribution in [0.1, 0.15) is 22.3 Å². The Labute approximate surface area is 120 Å². The fourth-order valence-electron chi connectivity index (χ4n) is 2.10. The second kappa shape index (κ2) is 6.24. The number of carbonyl (C=O) groups is 1. The van der Waals surface area contributed by atoms with Crippen LogP contribution in [0.4, 0.5) is 10.5 Å². The fraction of sp³-hybridized carbons (Fsp3) is 0.235. The largest absolute Gasteiger partial charge is 0.334 e. The molecule has 0 atom stereocenters. The Morgan fingerprint density at radius 3 is 2.45 bits per heavy atom. The highest BCUT2D eigenvalue weighted by atomic mass is 16.2. The van der Waals surface area contributed by atoms with E-state index in [1.54, 1.807) is 0 Å². The van der Waals surface area contributed by atoms with Gasteiger partial charge >= 0.3 is 6.03 Å². The van der Waals surface area contributed by atoms with Gasteiger partial charge in [0.15, 0.2) is 0 Å². The minimum atomic E-state index is -0.181. The topological polar surface area (TPSA) is 41.1 Å². The zero-order valence-electron chi connectivity index (χ0n) is 12.2. The number of hydrogen-bond acceptors (Lipinski definition) is 1. The van der Waals surface area contributed by atoms with Gasteiger partial charge in [-0.25, -0.2) is 4.79 Å². The molecule has 0 aliphatic heterocycles. The minimum Gasteiger partial charge on any atom is -0.334 e. The van der Waals surface area contributed by atoms with E-state index in [0.717, 1.165) is 16.8 Å². The number of rotatable bonds is 3. The maximum atomic E-state index is 11.9. The molecule has 0 unspecified atom stereocenters. The molecule has 2 N–H and O–H groups in total. The molecule has 0 spiro atoms. The normalized spacial score (nSPS) is 10.2. The van der Waals surface area contributed by atoms with E-state index in [1.165, 1.54) is 11.1 Å². The first-order valence-corrected chi connectivity index (χ1v) is 6.73. The van der Waals surface area contributed by atoms with Crippen molar-refractivity contribution in [2.45, 2.75) is 27.3 Å². The maximum absolute atomic E-state index is 11.9. The number of benzene rings is 2. The van der Waals surface area contributed by atoms with E-state index >= 15 is 0 Å². The van der Waals surface area contributed by atoms with Gasteiger partial charge in [0.1, 0.15) is 0 Å². The molecule has 0 saturated heterocycles. The molecule has 0 aliphatic rings. The van der Waals surface area contributed by atoms with E-state index in [-0.39, 0.29) is 6.03 Å². The highest BCUT2D eigenvalue weighted by Crippen LogP contribution is 2.13. The van der Waals surface area contributed by atoms with Crippen molar-refractivity contribution in [3.05, 3.63) is 64.7 Å². The van der Waals surface area contributed by atoms with Crippen molar-refractivity contribution in [3.63, 3.8) is 0 Å². The Morgan fingerprint density at radius 2 is 1.75 bits per heavy atom. The average molecular weight is 268 g/mol. The lowest BCUT2D eigenvalue weighted by Gasteiger charge is -2.11. The summed E-state index contributed by atoms with van der Waals surface area (Å²) in [5.74, 6) is 0. The van der Waals surface area contributed by atoms with Crippen molar-refractivity contribution in [1.29, 1.82) is 0 Å². The number of nitrogens with one attached hydrogen (secondary N) is 2. The molecule has 0 aliphatic carbocycles. The molecule has 0 heterocycles. The molecule has 104 valence electrons. The highest BCUT2D eigenvalue weighted by molar-refractivity contribution is 5.89. The molecule has 3 nitrogen and oxygen atoms in total. The molecule has 0 bridgehead atoms. The lowest BCUT2D eigenvalue weighted by Crippen LogP contribution is -2.28. The molecule has 0 radical (unpaired) electrons. The van der Waals surface area contributed by atoms with Gasteiger partial charge < -0.3 is 10.6 Å². The van der Waals surface area contributed by atoms with Crippen molar-refractivity contribution >= 4 is 11.7 Å². The van der Waals surface area contributed by atoms with Crippen LogP contribution < -0.4 is 10.6 Å². The fourth-order valence-corrected chi connectivity index (χ4v) is 2.10. The molecule has 0 aromatic heterocycles. The number of anilines is 1. The summed E-state index contributed by atoms with van der Waals surface area (Å²) in [6.07, 6.45) is 0. The van der Waals surface area contributed by atoms with Gasteiger partial charge in [-0.1, -0.05) is 42.0 Å². The lowest BCUT2D eigenvalue weighted by molar-refractivity contribution is 0.251. The van der Waals surface area contributed by atoms with Gasteiger partial charge in [0.2, 0.25) is 0 Å². The highest BCUT2D eigenvalue weighted by Gasteiger charge is 2.04. The molecule has 0 saturated carbocycles. The molecule has 2 aromatic rings. The maximum Gasteiger partial charge on any atom is 0.319 e. The Balaban J connectivity index is 1.94. The summed E-state index contributed by atoms with van der Waals surface area (Å²) in [7, 11) is 0. The summed E-state index contributed by atoms with van der Waals surface area (Å²) in [4.78, 5) is 11.9. The van der Waals surface area contributed by atoms with E-state index in [9.17, 15) is 4.79 Å². The van der Waals surface area contributed by atoms with Crippen LogP contribution in [0.2, 0.25) is 0 Å². The van der Waals surface area contributed by atoms with Crippen molar-refractivity contribution in [3.8, 4) is 0 Å². The van der Waals surface area contributed by atoms with E-state index in [0.29, 0.717) is 6.54 Å². The van der Waals surface area contributed by atoms with Crippen LogP contribution in [-0.4, -0.2) is 6.03 Å². The summed E-state index contributed by atoms with van der Waals surface area (Å²) in [5.41, 5.74) is 5.45. The van der Waals surface area contributed by atoms with E-state index in [1.807, 2.05) is 31.2 Å². The van der Waals surface area contributed by atoms with Crippen LogP contribution in [0.3, 0.4) is 0 Å². The van der Waals surface area contributed by atoms with E-state index < -0.39 is 0 Å². The molecular weight excluding hydrogens is 248 g/mol. The van der Waals surface area contributed by atoms with Crippen molar-refractivity contribution in [2.75, 3.05) is 5.32 Å². The number of amides is 2. The third-order valence-corrected chi connectivity index (χ3v) is 3.33. The van der Waals surface area contributed by atoms with Crippen LogP contribution in [0, 0.1) is 20.8 Å². The van der Waals surface area contributed by atoms with Gasteiger partial charge in [-0.05, 0) is 43.5 Å². The van der Waals surface area contributed by atoms with E-state index in [4.69, 9.17) is 0 Å². The van der Waals surface area contributed by atoms with Gasteiger partial charge in [0.05, 0.1) is 0 Å². The zero-order valence-corrected chi connectivity index (χ0v) is 12.2. The SMILES string of the molecule is Cc1ccc(CNC(=O)Nc2ccccc2C)c(C)c1. The number of para-hydroxylation sites is 1. The number of aryl methyl sites for hydroxylation is 3. The summed E-state index contributed by atoms with van der Waals surface area (Å²) >= 11 is 0. The van der Waals surface area contributed by atoms with Crippen LogP contribution in [0.15, 0.2) is 42.5 Å². The van der Waals surface area contributed by atoms with Crippen molar-refractivity contribution in [2.24, 2.45) is 0 Å². The second-order valence-electron chi connectivity index (χ2n) is 5.05. The number of urea groups is 1. The molecular formula is C17H20N2O. The Kier molecular flexibility index (Phi) is 4.41. The summed E-state index contributed by atoms with van der Waals surface area (Å²) in [6.45, 7) is 6.63. The smallest absolute Gasteiger partial charge is 0.319 e. The van der Waals surface area contributed by atoms with Gasteiger partial charge in [0.25, 0.3) is 0 Å². The lowest BCUT2D eigenvalue weighted by atomic mass is 10.1. The second-order valence-corrected chi connectivity index (χ2v) is 5.05. The molecule has 2 amide bonds. The van der Waals surface area contributed by atoms with Crippen molar-refractivity contribution in [1.82, 2.24) is 5.32 Å². The number of carbonyl (C=O) groups excluding carboxylic acids is 1. The van der Waals surface area contributed by atoms with Crippen molar-refractivity contribution < 1.29 is 4.79 Å². The first kappa shape index (κ1) is 14.1. The zero-order chi connectivity index (χ0) is 14.5. The summed E-state index contributed by atoms with van der Waals surface area (Å²) in [5, 5.41) is 5.75. The monoisotopic (exact) mass is 268 g/mol. The number of hydrogen-bond donors (Lipinski definition) is 2. The predicted molar refractivity (Wildman–Crippen MR) is 83.0 cm³/mol. The third-order valence-electron chi connectivity index (χ3n) is 3.33. The molecule has 0 fully saturated rings. The van der Waals surface area contributed by atoms with Crippen LogP contribution in [-0.2, 0) is 6.54 Å². The quantitative estimate of drug-likeness (QED) is 0.870. The molecule has 20 heavy (non-hydrogen) atoms. The minimum absolute atomic E-state index is 0.181. The Hall–Kier alpha value is -2.29. The average Bonchev–Trinajstić information content (AvgIpc) is 2.40. The Bertz CT molecular complexity index is 620. The van der Waals surface area contributed by atoms with Gasteiger partial charge in [-0.3, -0.25) is 0 Å². The first-order valence-electron chi connectivity index (χ1n) is 6.73. The van der Waals surface area contributed by atoms with E-state index in [2.05, 4.69) is 42.7 Å². The Morgan fingerprint density at radius 1 is 1.00 bits per heavy atom. The molecule has 2 rings (SSSR count). The van der Waals surface area contributed by atoms with Gasteiger partial charge in [0, 0.05) is 12.2 Å². The van der Waals surface area contributed by atoms with Crippen LogP contribution in [0.25, 0.3) is 0 Å². The standard InChI is InChI=1S/C17H20N2O/c1-12-8-9-15(14(3)10-12)11-18-17(20)19-16-7-5-4-6-13(16)2/h4-10H,11H2,1-3H3,(H2,18,19,20). The van der Waals surface area contributed by atoms with Gasteiger partial charge in [-0.2, -0.15) is 0 Å². The molecule has 2 aromatic carbocycles. The van der Waals surface area contributed by atoms with Gasteiger partial charge in [-0.15, -0.1) is 0 Å². The molecule has 3 heteroatoms.